The van der Waals surface area contributed by atoms with Crippen LogP contribution >= 0.6 is 27.9 Å². The van der Waals surface area contributed by atoms with Crippen molar-refractivity contribution in [3.63, 3.8) is 0 Å². The van der Waals surface area contributed by atoms with Crippen molar-refractivity contribution in [2.45, 2.75) is 36.9 Å². The molecule has 1 aromatic heterocycles. The highest BCUT2D eigenvalue weighted by Crippen LogP contribution is 2.58. The lowest BCUT2D eigenvalue weighted by atomic mass is 9.79. The lowest BCUT2D eigenvalue weighted by Gasteiger charge is -2.24. The molecule has 3 aromatic rings. The molecule has 5 heteroatoms. The van der Waals surface area contributed by atoms with Crippen LogP contribution in [0.15, 0.2) is 57.5 Å². The topological polar surface area (TPSA) is 38.1 Å². The summed E-state index contributed by atoms with van der Waals surface area (Å²) >= 11 is 5.28. The van der Waals surface area contributed by atoms with Gasteiger partial charge in [-0.3, -0.25) is 0 Å². The fourth-order valence-electron chi connectivity index (χ4n) is 3.90. The van der Waals surface area contributed by atoms with Gasteiger partial charge in [-0.05, 0) is 61.4 Å². The Bertz CT molecular complexity index is 965. The normalized spacial score (nSPS) is 17.5. The van der Waals surface area contributed by atoms with Crippen LogP contribution in [-0.4, -0.2) is 5.16 Å². The second kappa shape index (κ2) is 6.17. The summed E-state index contributed by atoms with van der Waals surface area (Å²) in [6, 6.07) is 17.1. The number of nitrogens with one attached hydrogen (secondary N) is 1. The number of fused-ring (bicyclic) bond motifs is 4. The van der Waals surface area contributed by atoms with E-state index in [0.717, 1.165) is 22.5 Å². The minimum atomic E-state index is 0.292. The number of rotatable bonds is 4. The number of hydrogen-bond donors (Lipinski definition) is 1. The van der Waals surface area contributed by atoms with Gasteiger partial charge in [0.05, 0.1) is 0 Å². The van der Waals surface area contributed by atoms with Crippen molar-refractivity contribution < 1.29 is 4.52 Å². The molecule has 2 aliphatic carbocycles. The number of aromatic nitrogens is 1. The first-order chi connectivity index (χ1) is 12.7. The Kier molecular flexibility index (Phi) is 3.90. The zero-order chi connectivity index (χ0) is 17.7. The van der Waals surface area contributed by atoms with Gasteiger partial charge in [0.15, 0.2) is 11.6 Å². The fraction of sp³-hybridized carbons (Fsp3) is 0.286. The van der Waals surface area contributed by atoms with Crippen LogP contribution in [0.5, 0.6) is 0 Å². The van der Waals surface area contributed by atoms with Gasteiger partial charge in [0.1, 0.15) is 0 Å². The molecule has 0 radical (unpaired) electrons. The summed E-state index contributed by atoms with van der Waals surface area (Å²) < 4.78 is 10.3. The molecule has 1 atom stereocenters. The monoisotopic (exact) mass is 426 g/mol. The van der Waals surface area contributed by atoms with Crippen molar-refractivity contribution in [3.05, 3.63) is 69.7 Å². The summed E-state index contributed by atoms with van der Waals surface area (Å²) in [6.45, 7) is 2.20. The van der Waals surface area contributed by atoms with Crippen molar-refractivity contribution in [2.75, 3.05) is 4.72 Å². The van der Waals surface area contributed by atoms with Crippen LogP contribution in [0.25, 0.3) is 11.3 Å². The van der Waals surface area contributed by atoms with E-state index in [1.165, 1.54) is 35.1 Å². The van der Waals surface area contributed by atoms with Gasteiger partial charge >= 0.3 is 0 Å². The molecule has 1 heterocycles. The zero-order valence-corrected chi connectivity index (χ0v) is 16.9. The van der Waals surface area contributed by atoms with Gasteiger partial charge in [-0.2, -0.15) is 0 Å². The highest BCUT2D eigenvalue weighted by Gasteiger charge is 2.50. The molecule has 0 amide bonds. The predicted octanol–water partition coefficient (Wildman–Crippen LogP) is 6.51. The van der Waals surface area contributed by atoms with E-state index in [1.54, 1.807) is 11.9 Å². The van der Waals surface area contributed by atoms with Crippen molar-refractivity contribution in [3.8, 4) is 11.3 Å². The van der Waals surface area contributed by atoms with E-state index in [-0.39, 0.29) is 0 Å². The maximum absolute atomic E-state index is 5.78. The van der Waals surface area contributed by atoms with E-state index in [9.17, 15) is 0 Å². The average Bonchev–Trinajstić information content (AvgIpc) is 3.31. The number of halogens is 1. The van der Waals surface area contributed by atoms with Crippen LogP contribution in [-0.2, 0) is 11.8 Å². The molecule has 5 rings (SSSR count). The smallest absolute Gasteiger partial charge is 0.183 e. The van der Waals surface area contributed by atoms with Gasteiger partial charge in [0.2, 0.25) is 0 Å². The molecule has 1 unspecified atom stereocenters. The Labute approximate surface area is 165 Å². The molecule has 1 fully saturated rings. The van der Waals surface area contributed by atoms with E-state index >= 15 is 0 Å². The molecule has 0 aliphatic heterocycles. The van der Waals surface area contributed by atoms with Crippen LogP contribution in [0.2, 0.25) is 0 Å². The Morgan fingerprint density at radius 3 is 2.77 bits per heavy atom. The molecular formula is C21H19BrN2OS. The van der Waals surface area contributed by atoms with Gasteiger partial charge in [0.25, 0.3) is 0 Å². The molecule has 3 nitrogen and oxygen atoms in total. The fourth-order valence-corrected chi connectivity index (χ4v) is 5.00. The van der Waals surface area contributed by atoms with E-state index in [4.69, 9.17) is 4.52 Å². The minimum absolute atomic E-state index is 0.292. The van der Waals surface area contributed by atoms with Crippen LogP contribution in [0, 0.1) is 0 Å². The van der Waals surface area contributed by atoms with Crippen molar-refractivity contribution in [2.24, 2.45) is 0 Å². The van der Waals surface area contributed by atoms with Crippen LogP contribution in [0.3, 0.4) is 0 Å². The van der Waals surface area contributed by atoms with E-state index in [1.807, 2.05) is 6.07 Å². The zero-order valence-electron chi connectivity index (χ0n) is 14.5. The van der Waals surface area contributed by atoms with E-state index in [0.29, 0.717) is 10.7 Å². The summed E-state index contributed by atoms with van der Waals surface area (Å²) in [5, 5.41) is 4.70. The quantitative estimate of drug-likeness (QED) is 0.482. The van der Waals surface area contributed by atoms with E-state index in [2.05, 4.69) is 75.2 Å². The first-order valence-electron chi connectivity index (χ1n) is 8.92. The molecule has 2 aliphatic rings. The standard InChI is InChI=1S/C21H19BrN2OS/c1-13(14-5-3-2-4-6-14)26-24-20-17-12-21(9-10-21)18-8-7-15(22)11-16(18)19(17)25-23-20/h2-8,11,13H,9-10,12H2,1H3,(H,23,24). The van der Waals surface area contributed by atoms with Crippen LogP contribution < -0.4 is 4.72 Å². The second-order valence-corrected chi connectivity index (χ2v) is 9.32. The molecule has 132 valence electrons. The summed E-state index contributed by atoms with van der Waals surface area (Å²) in [5.74, 6) is 1.80. The van der Waals surface area contributed by atoms with Crippen molar-refractivity contribution in [1.82, 2.24) is 5.16 Å². The first kappa shape index (κ1) is 16.5. The SMILES string of the molecule is CC(SNc1noc2c1CC1(CC1)c1ccc(Br)cc1-2)c1ccccc1. The highest BCUT2D eigenvalue weighted by atomic mass is 79.9. The lowest BCUT2D eigenvalue weighted by molar-refractivity contribution is 0.432. The predicted molar refractivity (Wildman–Crippen MR) is 110 cm³/mol. The molecule has 2 aromatic carbocycles. The van der Waals surface area contributed by atoms with Crippen molar-refractivity contribution >= 4 is 33.7 Å². The van der Waals surface area contributed by atoms with Crippen molar-refractivity contribution in [1.29, 1.82) is 0 Å². The third-order valence-corrected chi connectivity index (χ3v) is 6.99. The first-order valence-corrected chi connectivity index (χ1v) is 10.6. The maximum Gasteiger partial charge on any atom is 0.183 e. The molecule has 1 saturated carbocycles. The Balaban J connectivity index is 1.44. The highest BCUT2D eigenvalue weighted by molar-refractivity contribution is 9.10. The Hall–Kier alpha value is -1.72. The van der Waals surface area contributed by atoms with Gasteiger partial charge < -0.3 is 9.25 Å². The molecule has 1 spiro atoms. The number of nitrogens with zero attached hydrogens (tertiary/aromatic N) is 1. The summed E-state index contributed by atoms with van der Waals surface area (Å²) in [5.41, 5.74) is 5.43. The molecule has 1 N–H and O–H groups in total. The summed E-state index contributed by atoms with van der Waals surface area (Å²) in [7, 11) is 0. The number of benzene rings is 2. The Morgan fingerprint density at radius 1 is 1.19 bits per heavy atom. The van der Waals surface area contributed by atoms with Gasteiger partial charge in [-0.1, -0.05) is 57.5 Å². The average molecular weight is 427 g/mol. The molecule has 26 heavy (non-hydrogen) atoms. The number of hydrogen-bond acceptors (Lipinski definition) is 4. The molecular weight excluding hydrogens is 408 g/mol. The largest absolute Gasteiger partial charge is 0.354 e. The maximum atomic E-state index is 5.78. The lowest BCUT2D eigenvalue weighted by Crippen LogP contribution is -2.17. The second-order valence-electron chi connectivity index (χ2n) is 7.26. The number of anilines is 1. The van der Waals surface area contributed by atoms with Gasteiger partial charge in [-0.25, -0.2) is 0 Å². The third-order valence-electron chi connectivity index (χ3n) is 5.56. The van der Waals surface area contributed by atoms with Gasteiger partial charge in [-0.15, -0.1) is 0 Å². The van der Waals surface area contributed by atoms with Crippen LogP contribution in [0.4, 0.5) is 5.82 Å². The van der Waals surface area contributed by atoms with E-state index < -0.39 is 0 Å². The van der Waals surface area contributed by atoms with Gasteiger partial charge in [0, 0.05) is 26.3 Å². The third kappa shape index (κ3) is 2.69. The summed E-state index contributed by atoms with van der Waals surface area (Å²) in [6.07, 6.45) is 3.52. The Morgan fingerprint density at radius 2 is 2.00 bits per heavy atom. The summed E-state index contributed by atoms with van der Waals surface area (Å²) in [4.78, 5) is 0. The minimum Gasteiger partial charge on any atom is -0.354 e. The molecule has 0 saturated heterocycles. The molecule has 0 bridgehead atoms. The van der Waals surface area contributed by atoms with Crippen LogP contribution in [0.1, 0.15) is 41.7 Å².